The van der Waals surface area contributed by atoms with E-state index in [4.69, 9.17) is 0 Å². The van der Waals surface area contributed by atoms with Crippen LogP contribution in [-0.2, 0) is 6.42 Å². The molecular formula is C21H25FN2. The molecule has 0 N–H and O–H groups in total. The van der Waals surface area contributed by atoms with Gasteiger partial charge in [0, 0.05) is 24.5 Å². The molecule has 1 fully saturated rings. The highest BCUT2D eigenvalue weighted by Gasteiger charge is 2.43. The summed E-state index contributed by atoms with van der Waals surface area (Å²) in [6.45, 7) is 1.04. The molecule has 3 atom stereocenters. The highest BCUT2D eigenvalue weighted by atomic mass is 19.1. The molecule has 0 aromatic heterocycles. The Bertz CT molecular complexity index is 755. The monoisotopic (exact) mass is 324 g/mol. The fourth-order valence-corrected chi connectivity index (χ4v) is 4.72. The number of benzene rings is 2. The topological polar surface area (TPSA) is 6.48 Å². The molecular weight excluding hydrogens is 299 g/mol. The van der Waals surface area contributed by atoms with E-state index in [1.54, 1.807) is 12.1 Å². The van der Waals surface area contributed by atoms with Crippen LogP contribution >= 0.6 is 0 Å². The summed E-state index contributed by atoms with van der Waals surface area (Å²) >= 11 is 0. The lowest BCUT2D eigenvalue weighted by Gasteiger charge is -2.30. The van der Waals surface area contributed by atoms with Gasteiger partial charge in [-0.3, -0.25) is 4.90 Å². The zero-order chi connectivity index (χ0) is 16.8. The third-order valence-electron chi connectivity index (χ3n) is 5.76. The highest BCUT2D eigenvalue weighted by molar-refractivity contribution is 5.46. The second-order valence-electron chi connectivity index (χ2n) is 7.59. The van der Waals surface area contributed by atoms with Crippen molar-refractivity contribution in [1.29, 1.82) is 0 Å². The van der Waals surface area contributed by atoms with Gasteiger partial charge in [-0.15, -0.1) is 0 Å². The summed E-state index contributed by atoms with van der Waals surface area (Å²) in [5.41, 5.74) is 5.30. The van der Waals surface area contributed by atoms with Crippen molar-refractivity contribution >= 4 is 0 Å². The predicted molar refractivity (Wildman–Crippen MR) is 95.9 cm³/mol. The summed E-state index contributed by atoms with van der Waals surface area (Å²) in [6, 6.07) is 14.9. The Kier molecular flexibility index (Phi) is 3.93. The number of hydrogen-bond acceptors (Lipinski definition) is 2. The van der Waals surface area contributed by atoms with E-state index in [0.29, 0.717) is 12.0 Å². The molecule has 126 valence electrons. The van der Waals surface area contributed by atoms with Crippen LogP contribution in [0.1, 0.15) is 40.6 Å². The molecule has 24 heavy (non-hydrogen) atoms. The van der Waals surface area contributed by atoms with Gasteiger partial charge in [0.2, 0.25) is 0 Å². The van der Waals surface area contributed by atoms with Gasteiger partial charge in [-0.2, -0.15) is 0 Å². The van der Waals surface area contributed by atoms with E-state index in [1.165, 1.54) is 22.3 Å². The fourth-order valence-electron chi connectivity index (χ4n) is 4.72. The van der Waals surface area contributed by atoms with Gasteiger partial charge in [0.25, 0.3) is 0 Å². The first-order chi connectivity index (χ1) is 11.5. The Morgan fingerprint density at radius 1 is 1.08 bits per heavy atom. The van der Waals surface area contributed by atoms with Crippen LogP contribution in [0.15, 0.2) is 42.5 Å². The van der Waals surface area contributed by atoms with Crippen molar-refractivity contribution in [3.05, 3.63) is 70.5 Å². The number of rotatable bonds is 2. The van der Waals surface area contributed by atoms with E-state index >= 15 is 0 Å². The summed E-state index contributed by atoms with van der Waals surface area (Å²) < 4.78 is 14.0. The molecule has 0 unspecified atom stereocenters. The Labute approximate surface area is 143 Å². The van der Waals surface area contributed by atoms with Crippen molar-refractivity contribution in [3.63, 3.8) is 0 Å². The zero-order valence-electron chi connectivity index (χ0n) is 14.7. The third kappa shape index (κ3) is 2.56. The molecule has 2 aliphatic rings. The summed E-state index contributed by atoms with van der Waals surface area (Å²) in [4.78, 5) is 4.73. The van der Waals surface area contributed by atoms with Crippen LogP contribution in [0.4, 0.5) is 4.39 Å². The molecule has 0 bridgehead atoms. The van der Waals surface area contributed by atoms with Gasteiger partial charge in [-0.25, -0.2) is 4.39 Å². The van der Waals surface area contributed by atoms with E-state index in [2.05, 4.69) is 55.2 Å². The molecule has 2 nitrogen and oxygen atoms in total. The van der Waals surface area contributed by atoms with E-state index in [0.717, 1.165) is 19.4 Å². The minimum absolute atomic E-state index is 0.122. The smallest absolute Gasteiger partial charge is 0.123 e. The maximum atomic E-state index is 14.0. The summed E-state index contributed by atoms with van der Waals surface area (Å²) in [5.74, 6) is 0.321. The average molecular weight is 324 g/mol. The summed E-state index contributed by atoms with van der Waals surface area (Å²) in [7, 11) is 6.47. The SMILES string of the molecule is CN(C)C[C@H]1C[C@@H]2c3ccccc3Cc3ccc(F)cc3[C@H]2N1C. The van der Waals surface area contributed by atoms with Gasteiger partial charge in [-0.05, 0) is 68.4 Å². The van der Waals surface area contributed by atoms with Crippen LogP contribution in [-0.4, -0.2) is 43.5 Å². The van der Waals surface area contributed by atoms with Crippen LogP contribution in [0.2, 0.25) is 0 Å². The van der Waals surface area contributed by atoms with Gasteiger partial charge >= 0.3 is 0 Å². The molecule has 1 aliphatic heterocycles. The van der Waals surface area contributed by atoms with E-state index in [9.17, 15) is 4.39 Å². The highest BCUT2D eigenvalue weighted by Crippen LogP contribution is 2.50. The average Bonchev–Trinajstić information content (AvgIpc) is 2.78. The van der Waals surface area contributed by atoms with Gasteiger partial charge in [0.1, 0.15) is 5.82 Å². The number of nitrogens with zero attached hydrogens (tertiary/aromatic N) is 2. The second-order valence-corrected chi connectivity index (χ2v) is 7.59. The maximum absolute atomic E-state index is 14.0. The predicted octanol–water partition coefficient (Wildman–Crippen LogP) is 3.82. The van der Waals surface area contributed by atoms with Crippen molar-refractivity contribution in [1.82, 2.24) is 9.80 Å². The lowest BCUT2D eigenvalue weighted by Crippen LogP contribution is -2.36. The van der Waals surface area contributed by atoms with Crippen molar-refractivity contribution in [3.8, 4) is 0 Å². The normalized spacial score (nSPS) is 26.0. The van der Waals surface area contributed by atoms with Crippen molar-refractivity contribution in [2.45, 2.75) is 30.8 Å². The van der Waals surface area contributed by atoms with E-state index < -0.39 is 0 Å². The van der Waals surface area contributed by atoms with Crippen LogP contribution < -0.4 is 0 Å². The van der Waals surface area contributed by atoms with Gasteiger partial charge < -0.3 is 4.90 Å². The molecule has 0 amide bonds. The van der Waals surface area contributed by atoms with Gasteiger partial charge in [0.15, 0.2) is 0 Å². The molecule has 1 saturated heterocycles. The Balaban J connectivity index is 1.85. The second kappa shape index (κ2) is 5.98. The zero-order valence-corrected chi connectivity index (χ0v) is 14.7. The minimum Gasteiger partial charge on any atom is -0.308 e. The molecule has 3 heteroatoms. The number of hydrogen-bond donors (Lipinski definition) is 0. The first-order valence-corrected chi connectivity index (χ1v) is 8.77. The summed E-state index contributed by atoms with van der Waals surface area (Å²) in [6.07, 6.45) is 2.04. The molecule has 2 aromatic carbocycles. The molecule has 0 spiro atoms. The first kappa shape index (κ1) is 15.8. The molecule has 0 radical (unpaired) electrons. The molecule has 2 aromatic rings. The lowest BCUT2D eigenvalue weighted by molar-refractivity contribution is 0.199. The Morgan fingerprint density at radius 3 is 2.62 bits per heavy atom. The van der Waals surface area contributed by atoms with E-state index in [1.807, 2.05) is 6.07 Å². The third-order valence-corrected chi connectivity index (χ3v) is 5.76. The Morgan fingerprint density at radius 2 is 1.83 bits per heavy atom. The summed E-state index contributed by atoms with van der Waals surface area (Å²) in [5, 5.41) is 0. The largest absolute Gasteiger partial charge is 0.308 e. The molecule has 4 rings (SSSR count). The minimum atomic E-state index is -0.122. The fraction of sp³-hybridized carbons (Fsp3) is 0.429. The van der Waals surface area contributed by atoms with Gasteiger partial charge in [-0.1, -0.05) is 30.3 Å². The van der Waals surface area contributed by atoms with Gasteiger partial charge in [0.05, 0.1) is 0 Å². The van der Waals surface area contributed by atoms with E-state index in [-0.39, 0.29) is 11.9 Å². The molecule has 1 aliphatic carbocycles. The molecule has 1 heterocycles. The number of fused-ring (bicyclic) bond motifs is 5. The van der Waals surface area contributed by atoms with Crippen molar-refractivity contribution in [2.75, 3.05) is 27.7 Å². The van der Waals surface area contributed by atoms with Crippen LogP contribution in [0.3, 0.4) is 0 Å². The van der Waals surface area contributed by atoms with Crippen molar-refractivity contribution in [2.24, 2.45) is 0 Å². The maximum Gasteiger partial charge on any atom is 0.123 e. The number of likely N-dealkylation sites (tertiary alicyclic amines) is 1. The lowest BCUT2D eigenvalue weighted by atomic mass is 9.87. The van der Waals surface area contributed by atoms with Crippen LogP contribution in [0.5, 0.6) is 0 Å². The Hall–Kier alpha value is -1.71. The van der Waals surface area contributed by atoms with Crippen LogP contribution in [0.25, 0.3) is 0 Å². The number of halogens is 1. The molecule has 0 saturated carbocycles. The standard InChI is InChI=1S/C21H25FN2/c1-23(2)13-17-12-20-18-7-5-4-6-14(18)10-15-8-9-16(22)11-19(15)21(20)24(17)3/h4-9,11,17,20-21H,10,12-13H2,1-3H3/t17-,20-,21-/m1/s1. The van der Waals surface area contributed by atoms with Crippen LogP contribution in [0, 0.1) is 5.82 Å². The number of likely N-dealkylation sites (N-methyl/N-ethyl adjacent to an activating group) is 2. The first-order valence-electron chi connectivity index (χ1n) is 8.77. The van der Waals surface area contributed by atoms with Crippen molar-refractivity contribution < 1.29 is 4.39 Å². The quantitative estimate of drug-likeness (QED) is 0.828.